The standard InChI is InChI=1S/C18H24N2O3S/c19-24(22,23)12-13-6-9-20(10-7-13)17(21)16-11-18(16)8-5-14-3-1-2-4-15(14)18/h1-4,13,16H,5-12H2,(H2,19,22,23)/t16-,18-/m1/s1. The molecule has 2 atom stereocenters. The van der Waals surface area contributed by atoms with Gasteiger partial charge in [0, 0.05) is 24.4 Å². The number of piperidine rings is 1. The quantitative estimate of drug-likeness (QED) is 0.897. The lowest BCUT2D eigenvalue weighted by atomic mass is 9.94. The molecule has 1 saturated heterocycles. The van der Waals surface area contributed by atoms with Gasteiger partial charge in [-0.3, -0.25) is 4.79 Å². The van der Waals surface area contributed by atoms with Gasteiger partial charge in [-0.05, 0) is 49.1 Å². The van der Waals surface area contributed by atoms with Crippen LogP contribution in [0.2, 0.25) is 0 Å². The van der Waals surface area contributed by atoms with Gasteiger partial charge in [-0.15, -0.1) is 0 Å². The Balaban J connectivity index is 1.39. The van der Waals surface area contributed by atoms with Gasteiger partial charge in [-0.25, -0.2) is 13.6 Å². The molecule has 0 aromatic heterocycles. The number of hydrogen-bond donors (Lipinski definition) is 1. The fraction of sp³-hybridized carbons (Fsp3) is 0.611. The van der Waals surface area contributed by atoms with Crippen LogP contribution < -0.4 is 5.14 Å². The third kappa shape index (κ3) is 2.75. The largest absolute Gasteiger partial charge is 0.342 e. The van der Waals surface area contributed by atoms with Crippen molar-refractivity contribution < 1.29 is 13.2 Å². The van der Waals surface area contributed by atoms with Crippen LogP contribution >= 0.6 is 0 Å². The highest BCUT2D eigenvalue weighted by molar-refractivity contribution is 7.89. The number of aryl methyl sites for hydroxylation is 1. The van der Waals surface area contributed by atoms with Crippen molar-refractivity contribution in [2.24, 2.45) is 17.0 Å². The topological polar surface area (TPSA) is 80.5 Å². The first-order valence-electron chi connectivity index (χ1n) is 8.77. The minimum Gasteiger partial charge on any atom is -0.342 e. The SMILES string of the molecule is NS(=O)(=O)CC1CCN(C(=O)[C@H]2C[C@@]23CCc2ccccc23)CC1. The second-order valence-electron chi connectivity index (χ2n) is 7.67. The fourth-order valence-electron chi connectivity index (χ4n) is 4.79. The first kappa shape index (κ1) is 16.1. The van der Waals surface area contributed by atoms with Gasteiger partial charge in [-0.2, -0.15) is 0 Å². The highest BCUT2D eigenvalue weighted by Crippen LogP contribution is 2.62. The van der Waals surface area contributed by atoms with E-state index in [0.29, 0.717) is 13.1 Å². The Morgan fingerprint density at radius 1 is 1.25 bits per heavy atom. The summed E-state index contributed by atoms with van der Waals surface area (Å²) >= 11 is 0. The van der Waals surface area contributed by atoms with Crippen molar-refractivity contribution >= 4 is 15.9 Å². The average molecular weight is 348 g/mol. The predicted molar refractivity (Wildman–Crippen MR) is 91.8 cm³/mol. The van der Waals surface area contributed by atoms with Gasteiger partial charge in [0.05, 0.1) is 5.75 Å². The third-order valence-electron chi connectivity index (χ3n) is 6.16. The molecule has 1 aliphatic heterocycles. The Bertz CT molecular complexity index is 768. The van der Waals surface area contributed by atoms with E-state index in [1.807, 2.05) is 4.90 Å². The number of benzene rings is 1. The van der Waals surface area contributed by atoms with E-state index < -0.39 is 10.0 Å². The summed E-state index contributed by atoms with van der Waals surface area (Å²) in [6.45, 7) is 1.32. The number of likely N-dealkylation sites (tertiary alicyclic amines) is 1. The zero-order valence-corrected chi connectivity index (χ0v) is 14.6. The summed E-state index contributed by atoms with van der Waals surface area (Å²) in [4.78, 5) is 14.9. The molecule has 6 heteroatoms. The van der Waals surface area contributed by atoms with Crippen molar-refractivity contribution in [1.29, 1.82) is 0 Å². The van der Waals surface area contributed by atoms with Gasteiger partial charge in [-0.1, -0.05) is 24.3 Å². The van der Waals surface area contributed by atoms with Crippen LogP contribution in [0.5, 0.6) is 0 Å². The summed E-state index contributed by atoms with van der Waals surface area (Å²) in [7, 11) is -3.42. The molecule has 1 aromatic carbocycles. The Kier molecular flexibility index (Phi) is 3.73. The Hall–Kier alpha value is -1.40. The number of amides is 1. The van der Waals surface area contributed by atoms with E-state index >= 15 is 0 Å². The second kappa shape index (κ2) is 5.56. The number of nitrogens with two attached hydrogens (primary N) is 1. The van der Waals surface area contributed by atoms with Crippen molar-refractivity contribution in [1.82, 2.24) is 4.90 Å². The van der Waals surface area contributed by atoms with Crippen molar-refractivity contribution in [3.8, 4) is 0 Å². The smallest absolute Gasteiger partial charge is 0.226 e. The van der Waals surface area contributed by atoms with Gasteiger partial charge in [0.25, 0.3) is 0 Å². The molecule has 4 rings (SSSR count). The summed E-state index contributed by atoms with van der Waals surface area (Å²) in [5.74, 6) is 0.511. The van der Waals surface area contributed by atoms with E-state index in [4.69, 9.17) is 5.14 Å². The van der Waals surface area contributed by atoms with E-state index in [2.05, 4.69) is 24.3 Å². The van der Waals surface area contributed by atoms with Crippen LogP contribution in [0.25, 0.3) is 0 Å². The highest BCUT2D eigenvalue weighted by Gasteiger charge is 2.62. The van der Waals surface area contributed by atoms with Crippen molar-refractivity contribution in [3.05, 3.63) is 35.4 Å². The maximum Gasteiger partial charge on any atom is 0.226 e. The molecule has 3 aliphatic rings. The van der Waals surface area contributed by atoms with E-state index in [9.17, 15) is 13.2 Å². The average Bonchev–Trinajstić information content (AvgIpc) is 3.15. The van der Waals surface area contributed by atoms with Gasteiger partial charge < -0.3 is 4.90 Å². The van der Waals surface area contributed by atoms with Crippen molar-refractivity contribution in [2.75, 3.05) is 18.8 Å². The maximum atomic E-state index is 12.9. The summed E-state index contributed by atoms with van der Waals surface area (Å²) < 4.78 is 22.4. The van der Waals surface area contributed by atoms with Crippen LogP contribution in [0.4, 0.5) is 0 Å². The minimum atomic E-state index is -3.42. The van der Waals surface area contributed by atoms with Crippen LogP contribution in [-0.4, -0.2) is 38.1 Å². The second-order valence-corrected chi connectivity index (χ2v) is 9.33. The van der Waals surface area contributed by atoms with Gasteiger partial charge >= 0.3 is 0 Å². The number of carbonyl (C=O) groups is 1. The van der Waals surface area contributed by atoms with Crippen LogP contribution in [0.1, 0.15) is 36.8 Å². The van der Waals surface area contributed by atoms with Crippen molar-refractivity contribution in [3.63, 3.8) is 0 Å². The van der Waals surface area contributed by atoms with Crippen LogP contribution in [0, 0.1) is 11.8 Å². The number of fused-ring (bicyclic) bond motifs is 2. The molecule has 0 unspecified atom stereocenters. The monoisotopic (exact) mass is 348 g/mol. The number of hydrogen-bond acceptors (Lipinski definition) is 3. The molecule has 2 N–H and O–H groups in total. The molecule has 1 spiro atoms. The number of sulfonamides is 1. The zero-order valence-electron chi connectivity index (χ0n) is 13.8. The third-order valence-corrected chi connectivity index (χ3v) is 7.10. The number of nitrogens with zero attached hydrogens (tertiary/aromatic N) is 1. The lowest BCUT2D eigenvalue weighted by Crippen LogP contribution is -2.42. The van der Waals surface area contributed by atoms with Gasteiger partial charge in [0.1, 0.15) is 0 Å². The van der Waals surface area contributed by atoms with Crippen molar-refractivity contribution in [2.45, 2.75) is 37.5 Å². The van der Waals surface area contributed by atoms with E-state index in [1.54, 1.807) is 0 Å². The predicted octanol–water partition coefficient (Wildman–Crippen LogP) is 1.42. The van der Waals surface area contributed by atoms with E-state index in [0.717, 1.165) is 32.1 Å². The molecule has 1 saturated carbocycles. The normalized spacial score (nSPS) is 29.7. The number of carbonyl (C=O) groups excluding carboxylic acids is 1. The molecule has 1 aromatic rings. The molecule has 1 amide bonds. The summed E-state index contributed by atoms with van der Waals surface area (Å²) in [6.07, 6.45) is 4.61. The van der Waals surface area contributed by atoms with E-state index in [1.165, 1.54) is 11.1 Å². The van der Waals surface area contributed by atoms with Crippen LogP contribution in [0.3, 0.4) is 0 Å². The molecule has 130 valence electrons. The Labute approximate surface area is 143 Å². The number of primary sulfonamides is 1. The summed E-state index contributed by atoms with van der Waals surface area (Å²) in [5, 5.41) is 5.13. The molecule has 1 heterocycles. The lowest BCUT2D eigenvalue weighted by Gasteiger charge is -2.32. The van der Waals surface area contributed by atoms with Gasteiger partial charge in [0.15, 0.2) is 0 Å². The molecular formula is C18H24N2O3S. The lowest BCUT2D eigenvalue weighted by molar-refractivity contribution is -0.134. The summed E-state index contributed by atoms with van der Waals surface area (Å²) in [6, 6.07) is 8.52. The van der Waals surface area contributed by atoms with E-state index in [-0.39, 0.29) is 28.9 Å². The molecule has 24 heavy (non-hydrogen) atoms. The number of rotatable bonds is 3. The molecule has 2 fully saturated rings. The molecule has 0 radical (unpaired) electrons. The first-order valence-corrected chi connectivity index (χ1v) is 10.5. The van der Waals surface area contributed by atoms with Crippen LogP contribution in [0.15, 0.2) is 24.3 Å². The molecule has 5 nitrogen and oxygen atoms in total. The van der Waals surface area contributed by atoms with Crippen LogP contribution in [-0.2, 0) is 26.7 Å². The summed E-state index contributed by atoms with van der Waals surface area (Å²) in [5.41, 5.74) is 2.87. The molecule has 0 bridgehead atoms. The zero-order chi connectivity index (χ0) is 16.9. The van der Waals surface area contributed by atoms with Gasteiger partial charge in [0.2, 0.25) is 15.9 Å². The molecular weight excluding hydrogens is 324 g/mol. The maximum absolute atomic E-state index is 12.9. The minimum absolute atomic E-state index is 0.0375. The Morgan fingerprint density at radius 3 is 2.67 bits per heavy atom. The fourth-order valence-corrected chi connectivity index (χ4v) is 5.78. The highest BCUT2D eigenvalue weighted by atomic mass is 32.2. The Morgan fingerprint density at radius 2 is 1.96 bits per heavy atom. The first-order chi connectivity index (χ1) is 11.4. The molecule has 2 aliphatic carbocycles.